The van der Waals surface area contributed by atoms with Crippen molar-refractivity contribution in [2.24, 2.45) is 7.05 Å². The third kappa shape index (κ3) is 2.20. The molecule has 2 nitrogen and oxygen atoms in total. The molecule has 0 fully saturated rings. The summed E-state index contributed by atoms with van der Waals surface area (Å²) in [4.78, 5) is 0. The van der Waals surface area contributed by atoms with Crippen LogP contribution in [0, 0.1) is 5.82 Å². The Morgan fingerprint density at radius 1 is 1.17 bits per heavy atom. The van der Waals surface area contributed by atoms with Crippen LogP contribution in [0.3, 0.4) is 0 Å². The highest BCUT2D eigenvalue weighted by Gasteiger charge is 2.38. The van der Waals surface area contributed by atoms with Gasteiger partial charge in [-0.05, 0) is 24.3 Å². The minimum absolute atomic E-state index is 0.0218. The summed E-state index contributed by atoms with van der Waals surface area (Å²) in [5, 5.41) is 3.23. The van der Waals surface area contributed by atoms with Crippen molar-refractivity contribution >= 4 is 11.6 Å². The van der Waals surface area contributed by atoms with Gasteiger partial charge in [0, 0.05) is 12.6 Å². The largest absolute Gasteiger partial charge is 0.434 e. The van der Waals surface area contributed by atoms with Crippen LogP contribution in [-0.4, -0.2) is 9.78 Å². The van der Waals surface area contributed by atoms with Crippen molar-refractivity contribution in [2.75, 3.05) is 0 Å². The lowest BCUT2D eigenvalue weighted by Gasteiger charge is -2.06. The fraction of sp³-hybridized carbons (Fsp3) is 0.182. The fourth-order valence-corrected chi connectivity index (χ4v) is 1.97. The Kier molecular flexibility index (Phi) is 3.06. The summed E-state index contributed by atoms with van der Waals surface area (Å²) in [6, 6.07) is 4.91. The third-order valence-electron chi connectivity index (χ3n) is 2.38. The van der Waals surface area contributed by atoms with Crippen LogP contribution in [0.4, 0.5) is 17.6 Å². The van der Waals surface area contributed by atoms with E-state index in [2.05, 4.69) is 5.10 Å². The van der Waals surface area contributed by atoms with Crippen LogP contribution < -0.4 is 0 Å². The Hall–Kier alpha value is -1.56. The van der Waals surface area contributed by atoms with Crippen LogP contribution in [0.2, 0.25) is 5.02 Å². The maximum Gasteiger partial charge on any atom is 0.434 e. The van der Waals surface area contributed by atoms with Crippen LogP contribution in [-0.2, 0) is 13.2 Å². The second kappa shape index (κ2) is 4.28. The van der Waals surface area contributed by atoms with Crippen LogP contribution in [0.15, 0.2) is 24.3 Å². The van der Waals surface area contributed by atoms with Crippen molar-refractivity contribution in [1.29, 1.82) is 0 Å². The molecule has 0 amide bonds. The van der Waals surface area contributed by atoms with Gasteiger partial charge in [0.15, 0.2) is 5.69 Å². The number of aryl methyl sites for hydroxylation is 1. The van der Waals surface area contributed by atoms with Crippen molar-refractivity contribution in [3.05, 3.63) is 40.8 Å². The first-order chi connectivity index (χ1) is 8.30. The van der Waals surface area contributed by atoms with E-state index in [1.165, 1.54) is 12.1 Å². The average molecular weight is 279 g/mol. The molecule has 7 heteroatoms. The number of rotatable bonds is 1. The molecule has 18 heavy (non-hydrogen) atoms. The van der Waals surface area contributed by atoms with Gasteiger partial charge in [-0.3, -0.25) is 4.68 Å². The van der Waals surface area contributed by atoms with Gasteiger partial charge in [0.2, 0.25) is 0 Å². The van der Waals surface area contributed by atoms with E-state index < -0.39 is 22.7 Å². The zero-order chi connectivity index (χ0) is 13.5. The van der Waals surface area contributed by atoms with Gasteiger partial charge in [-0.15, -0.1) is 0 Å². The van der Waals surface area contributed by atoms with Gasteiger partial charge in [-0.1, -0.05) is 11.6 Å². The van der Waals surface area contributed by atoms with Crippen LogP contribution in [0.1, 0.15) is 5.69 Å². The molecule has 1 aromatic carbocycles. The number of hydrogen-bond acceptors (Lipinski definition) is 1. The predicted octanol–water partition coefficient (Wildman–Crippen LogP) is 3.90. The van der Waals surface area contributed by atoms with E-state index >= 15 is 0 Å². The monoisotopic (exact) mass is 278 g/mol. The number of benzene rings is 1. The van der Waals surface area contributed by atoms with Crippen LogP contribution in [0.5, 0.6) is 0 Å². The van der Waals surface area contributed by atoms with E-state index in [0.29, 0.717) is 10.2 Å². The fourth-order valence-electron chi connectivity index (χ4n) is 1.60. The molecule has 2 rings (SSSR count). The summed E-state index contributed by atoms with van der Waals surface area (Å²) in [5.41, 5.74) is -0.720. The molecule has 0 saturated heterocycles. The number of hydrogen-bond donors (Lipinski definition) is 0. The van der Waals surface area contributed by atoms with Crippen molar-refractivity contribution in [2.45, 2.75) is 6.18 Å². The van der Waals surface area contributed by atoms with Crippen molar-refractivity contribution in [3.63, 3.8) is 0 Å². The molecule has 0 unspecified atom stereocenters. The van der Waals surface area contributed by atoms with Crippen LogP contribution in [0.25, 0.3) is 11.3 Å². The summed E-state index contributed by atoms with van der Waals surface area (Å²) in [7, 11) is 1.15. The molecule has 96 valence electrons. The topological polar surface area (TPSA) is 17.8 Å². The highest BCUT2D eigenvalue weighted by Crippen LogP contribution is 2.39. The summed E-state index contributed by atoms with van der Waals surface area (Å²) in [6.07, 6.45) is -4.59. The summed E-state index contributed by atoms with van der Waals surface area (Å²) in [5.74, 6) is -0.484. The maximum absolute atomic E-state index is 12.7. The van der Waals surface area contributed by atoms with E-state index in [4.69, 9.17) is 11.6 Å². The van der Waals surface area contributed by atoms with Gasteiger partial charge in [0.1, 0.15) is 11.5 Å². The number of alkyl halides is 3. The highest BCUT2D eigenvalue weighted by atomic mass is 35.5. The van der Waals surface area contributed by atoms with Gasteiger partial charge in [-0.2, -0.15) is 18.3 Å². The summed E-state index contributed by atoms with van der Waals surface area (Å²) >= 11 is 5.69. The molecule has 0 spiro atoms. The zero-order valence-electron chi connectivity index (χ0n) is 9.09. The average Bonchev–Trinajstić information content (AvgIpc) is 2.54. The summed E-state index contributed by atoms with van der Waals surface area (Å²) in [6.45, 7) is 0. The number of halogens is 5. The van der Waals surface area contributed by atoms with Crippen molar-refractivity contribution in [1.82, 2.24) is 9.78 Å². The van der Waals surface area contributed by atoms with Crippen molar-refractivity contribution in [3.8, 4) is 11.3 Å². The summed E-state index contributed by atoms with van der Waals surface area (Å²) < 4.78 is 51.5. The Bertz CT molecular complexity index is 572. The van der Waals surface area contributed by atoms with Gasteiger partial charge in [0.05, 0.1) is 5.02 Å². The second-order valence-electron chi connectivity index (χ2n) is 3.64. The van der Waals surface area contributed by atoms with Gasteiger partial charge >= 0.3 is 6.18 Å². The van der Waals surface area contributed by atoms with Crippen molar-refractivity contribution < 1.29 is 17.6 Å². The molecule has 0 saturated carbocycles. The second-order valence-corrected chi connectivity index (χ2v) is 4.02. The van der Waals surface area contributed by atoms with Gasteiger partial charge in [0.25, 0.3) is 0 Å². The minimum atomic E-state index is -4.59. The van der Waals surface area contributed by atoms with E-state index in [0.717, 1.165) is 19.2 Å². The predicted molar refractivity (Wildman–Crippen MR) is 58.6 cm³/mol. The molecule has 1 heterocycles. The Morgan fingerprint density at radius 3 is 2.17 bits per heavy atom. The first-order valence-electron chi connectivity index (χ1n) is 4.86. The normalized spacial score (nSPS) is 11.9. The molecule has 0 N–H and O–H groups in total. The lowest BCUT2D eigenvalue weighted by atomic mass is 10.1. The molecule has 0 aliphatic heterocycles. The minimum Gasteiger partial charge on any atom is -0.262 e. The van der Waals surface area contributed by atoms with E-state index in [1.807, 2.05) is 0 Å². The third-order valence-corrected chi connectivity index (χ3v) is 2.73. The standard InChI is InChI=1S/C11H7ClF4N2/c1-18-10(11(14,15)16)8(12)9(17-18)6-2-4-7(13)5-3-6/h2-5H,1H3. The zero-order valence-corrected chi connectivity index (χ0v) is 9.85. The SMILES string of the molecule is Cn1nc(-c2ccc(F)cc2)c(Cl)c1C(F)(F)F. The molecular weight excluding hydrogens is 272 g/mol. The number of nitrogens with zero attached hydrogens (tertiary/aromatic N) is 2. The molecule has 2 aromatic rings. The molecule has 0 atom stereocenters. The van der Waals surface area contributed by atoms with E-state index in [9.17, 15) is 17.6 Å². The molecule has 1 aromatic heterocycles. The Morgan fingerprint density at radius 2 is 1.72 bits per heavy atom. The lowest BCUT2D eigenvalue weighted by molar-refractivity contribution is -0.143. The van der Waals surface area contributed by atoms with Gasteiger partial charge in [-0.25, -0.2) is 4.39 Å². The van der Waals surface area contributed by atoms with Crippen LogP contribution >= 0.6 is 11.6 Å². The lowest BCUT2D eigenvalue weighted by Crippen LogP contribution is -2.12. The highest BCUT2D eigenvalue weighted by molar-refractivity contribution is 6.33. The number of aromatic nitrogens is 2. The molecule has 0 radical (unpaired) electrons. The molecule has 0 aliphatic carbocycles. The maximum atomic E-state index is 12.7. The molecular formula is C11H7ClF4N2. The Labute approximate surface area is 105 Å². The van der Waals surface area contributed by atoms with Gasteiger partial charge < -0.3 is 0 Å². The van der Waals surface area contributed by atoms with E-state index in [-0.39, 0.29) is 5.69 Å². The first-order valence-corrected chi connectivity index (χ1v) is 5.24. The molecule has 0 bridgehead atoms. The van der Waals surface area contributed by atoms with E-state index in [1.54, 1.807) is 0 Å². The first kappa shape index (κ1) is 12.9. The quantitative estimate of drug-likeness (QED) is 0.724. The smallest absolute Gasteiger partial charge is 0.262 e. The Balaban J connectivity index is 2.57. The molecule has 0 aliphatic rings.